The van der Waals surface area contributed by atoms with Gasteiger partial charge in [0.15, 0.2) is 0 Å². The Balaban J connectivity index is 2.30. The maximum absolute atomic E-state index is 8.18. The van der Waals surface area contributed by atoms with Crippen LogP contribution in [0.1, 0.15) is 32.1 Å². The van der Waals surface area contributed by atoms with E-state index in [4.69, 9.17) is 5.21 Å². The number of hydrogen-bond acceptors (Lipinski definition) is 3. The van der Waals surface area contributed by atoms with E-state index in [0.29, 0.717) is 0 Å². The Labute approximate surface area is 54.7 Å². The summed E-state index contributed by atoms with van der Waals surface area (Å²) in [7, 11) is 0. The van der Waals surface area contributed by atoms with Crippen molar-refractivity contribution in [2.24, 2.45) is 5.10 Å². The van der Waals surface area contributed by atoms with Gasteiger partial charge in [-0.15, -0.1) is 0 Å². The predicted octanol–water partition coefficient (Wildman–Crippen LogP) is 1.29. The summed E-state index contributed by atoms with van der Waals surface area (Å²) in [6, 6.07) is 0. The normalized spacial score (nSPS) is 19.4. The molecule has 1 saturated carbocycles. The molecule has 0 radical (unpaired) electrons. The lowest BCUT2D eigenvalue weighted by atomic mass is 9.99. The van der Waals surface area contributed by atoms with Crippen LogP contribution in [0, 0.1) is 0 Å². The van der Waals surface area contributed by atoms with Crippen LogP contribution in [0.3, 0.4) is 0 Å². The van der Waals surface area contributed by atoms with E-state index in [1.54, 1.807) is 0 Å². The number of nitrogens with zero attached hydrogens (tertiary/aromatic N) is 1. The minimum atomic E-state index is 1.05. The van der Waals surface area contributed by atoms with E-state index in [9.17, 15) is 0 Å². The third kappa shape index (κ3) is 2.01. The van der Waals surface area contributed by atoms with Crippen LogP contribution in [0.2, 0.25) is 0 Å². The van der Waals surface area contributed by atoms with Crippen molar-refractivity contribution in [3.8, 4) is 0 Å². The molecule has 0 aliphatic heterocycles. The number of hydrazone groups is 1. The summed E-state index contributed by atoms with van der Waals surface area (Å²) in [6.45, 7) is 0. The maximum atomic E-state index is 8.18. The van der Waals surface area contributed by atoms with E-state index < -0.39 is 0 Å². The molecule has 0 aromatic rings. The third-order valence-electron chi connectivity index (χ3n) is 1.64. The molecule has 1 aliphatic carbocycles. The minimum Gasteiger partial charge on any atom is -0.274 e. The quantitative estimate of drug-likeness (QED) is 0.522. The van der Waals surface area contributed by atoms with Gasteiger partial charge in [0.25, 0.3) is 0 Å². The summed E-state index contributed by atoms with van der Waals surface area (Å²) in [5.41, 5.74) is 2.93. The second-order valence-corrected chi connectivity index (χ2v) is 2.34. The highest BCUT2D eigenvalue weighted by molar-refractivity contribution is 5.84. The monoisotopic (exact) mass is 128 g/mol. The molecular weight excluding hydrogens is 116 g/mol. The smallest absolute Gasteiger partial charge is 0.0403 e. The lowest BCUT2D eigenvalue weighted by molar-refractivity contribution is 0.171. The molecule has 1 aliphatic rings. The Bertz CT molecular complexity index is 104. The Kier molecular flexibility index (Phi) is 2.51. The van der Waals surface area contributed by atoms with Crippen molar-refractivity contribution >= 4 is 5.71 Å². The van der Waals surface area contributed by atoms with Crippen LogP contribution in [-0.4, -0.2) is 10.9 Å². The fourth-order valence-electron chi connectivity index (χ4n) is 1.14. The first-order valence-corrected chi connectivity index (χ1v) is 3.38. The molecule has 2 N–H and O–H groups in total. The highest BCUT2D eigenvalue weighted by atomic mass is 16.5. The summed E-state index contributed by atoms with van der Waals surface area (Å²) in [6.07, 6.45) is 5.85. The Morgan fingerprint density at radius 2 is 1.89 bits per heavy atom. The largest absolute Gasteiger partial charge is 0.274 e. The molecule has 52 valence electrons. The van der Waals surface area contributed by atoms with E-state index in [0.717, 1.165) is 18.6 Å². The SMILES string of the molecule is ONN=C1CCCCC1. The molecule has 0 atom stereocenters. The summed E-state index contributed by atoms with van der Waals surface area (Å²) >= 11 is 0. The lowest BCUT2D eigenvalue weighted by Gasteiger charge is -2.10. The zero-order valence-corrected chi connectivity index (χ0v) is 5.43. The van der Waals surface area contributed by atoms with Gasteiger partial charge in [-0.2, -0.15) is 10.7 Å². The Hall–Kier alpha value is -0.570. The molecule has 1 rings (SSSR count). The highest BCUT2D eigenvalue weighted by Gasteiger charge is 2.05. The van der Waals surface area contributed by atoms with Gasteiger partial charge < -0.3 is 0 Å². The minimum absolute atomic E-state index is 1.05. The molecular formula is C6H12N2O. The standard InChI is InChI=1S/C6H12N2O/c9-8-7-6-4-2-1-3-5-6/h8-9H,1-5H2. The maximum Gasteiger partial charge on any atom is 0.0403 e. The topological polar surface area (TPSA) is 44.6 Å². The first-order chi connectivity index (χ1) is 4.43. The molecule has 0 amide bonds. The van der Waals surface area contributed by atoms with E-state index >= 15 is 0 Å². The van der Waals surface area contributed by atoms with Gasteiger partial charge in [-0.25, -0.2) is 0 Å². The van der Waals surface area contributed by atoms with Gasteiger partial charge in [-0.1, -0.05) is 6.42 Å². The molecule has 9 heavy (non-hydrogen) atoms. The van der Waals surface area contributed by atoms with Gasteiger partial charge in [0, 0.05) is 5.71 Å². The van der Waals surface area contributed by atoms with Gasteiger partial charge in [0.05, 0.1) is 0 Å². The Morgan fingerprint density at radius 3 is 2.44 bits per heavy atom. The first kappa shape index (κ1) is 6.55. The summed E-state index contributed by atoms with van der Waals surface area (Å²) in [5, 5.41) is 11.9. The molecule has 3 nitrogen and oxygen atoms in total. The van der Waals surface area contributed by atoms with Crippen LogP contribution in [0.5, 0.6) is 0 Å². The molecule has 3 heteroatoms. The third-order valence-corrected chi connectivity index (χ3v) is 1.64. The second-order valence-electron chi connectivity index (χ2n) is 2.34. The van der Waals surface area contributed by atoms with E-state index in [2.05, 4.69) is 5.10 Å². The highest BCUT2D eigenvalue weighted by Crippen LogP contribution is 2.13. The Morgan fingerprint density at radius 1 is 1.22 bits per heavy atom. The molecule has 0 bridgehead atoms. The van der Waals surface area contributed by atoms with Crippen molar-refractivity contribution in [1.82, 2.24) is 5.59 Å². The molecule has 0 saturated heterocycles. The van der Waals surface area contributed by atoms with Crippen LogP contribution in [0.15, 0.2) is 5.10 Å². The molecule has 0 heterocycles. The fraction of sp³-hybridized carbons (Fsp3) is 0.833. The van der Waals surface area contributed by atoms with Crippen LogP contribution < -0.4 is 5.59 Å². The molecule has 0 spiro atoms. The molecule has 1 fully saturated rings. The van der Waals surface area contributed by atoms with E-state index in [1.165, 1.54) is 19.3 Å². The van der Waals surface area contributed by atoms with E-state index in [1.807, 2.05) is 5.59 Å². The summed E-state index contributed by atoms with van der Waals surface area (Å²) in [4.78, 5) is 0. The van der Waals surface area contributed by atoms with Crippen LogP contribution in [0.4, 0.5) is 0 Å². The summed E-state index contributed by atoms with van der Waals surface area (Å²) in [5.74, 6) is 0. The molecule has 0 aromatic heterocycles. The fourth-order valence-corrected chi connectivity index (χ4v) is 1.14. The van der Waals surface area contributed by atoms with Crippen molar-refractivity contribution in [1.29, 1.82) is 0 Å². The molecule has 0 aromatic carbocycles. The van der Waals surface area contributed by atoms with Crippen molar-refractivity contribution in [2.45, 2.75) is 32.1 Å². The van der Waals surface area contributed by atoms with Crippen LogP contribution >= 0.6 is 0 Å². The number of nitrogens with one attached hydrogen (secondary N) is 1. The van der Waals surface area contributed by atoms with Crippen molar-refractivity contribution in [2.75, 3.05) is 0 Å². The van der Waals surface area contributed by atoms with Gasteiger partial charge in [0.2, 0.25) is 0 Å². The zero-order valence-electron chi connectivity index (χ0n) is 5.43. The van der Waals surface area contributed by atoms with Gasteiger partial charge in [-0.05, 0) is 25.7 Å². The van der Waals surface area contributed by atoms with Crippen molar-refractivity contribution < 1.29 is 5.21 Å². The second kappa shape index (κ2) is 3.45. The van der Waals surface area contributed by atoms with E-state index in [-0.39, 0.29) is 0 Å². The molecule has 0 unspecified atom stereocenters. The average molecular weight is 128 g/mol. The van der Waals surface area contributed by atoms with Crippen molar-refractivity contribution in [3.05, 3.63) is 0 Å². The first-order valence-electron chi connectivity index (χ1n) is 3.38. The van der Waals surface area contributed by atoms with Crippen molar-refractivity contribution in [3.63, 3.8) is 0 Å². The van der Waals surface area contributed by atoms with Gasteiger partial charge in [0.1, 0.15) is 0 Å². The van der Waals surface area contributed by atoms with Gasteiger partial charge >= 0.3 is 0 Å². The zero-order chi connectivity index (χ0) is 6.53. The average Bonchev–Trinajstić information content (AvgIpc) is 1.91. The van der Waals surface area contributed by atoms with Gasteiger partial charge in [-0.3, -0.25) is 5.21 Å². The predicted molar refractivity (Wildman–Crippen MR) is 35.4 cm³/mol. The lowest BCUT2D eigenvalue weighted by Crippen LogP contribution is -2.09. The number of rotatable bonds is 1. The summed E-state index contributed by atoms with van der Waals surface area (Å²) < 4.78 is 0. The van der Waals surface area contributed by atoms with Crippen LogP contribution in [-0.2, 0) is 0 Å². The number of hydrogen-bond donors (Lipinski definition) is 2. The van der Waals surface area contributed by atoms with Crippen LogP contribution in [0.25, 0.3) is 0 Å².